The van der Waals surface area contributed by atoms with Gasteiger partial charge in [0.1, 0.15) is 0 Å². The van der Waals surface area contributed by atoms with Gasteiger partial charge in [0.15, 0.2) is 0 Å². The van der Waals surface area contributed by atoms with Crippen LogP contribution in [0.15, 0.2) is 0 Å². The summed E-state index contributed by atoms with van der Waals surface area (Å²) < 4.78 is 0. The molecule has 1 aliphatic heterocycles. The summed E-state index contributed by atoms with van der Waals surface area (Å²) >= 11 is 0. The van der Waals surface area contributed by atoms with Crippen molar-refractivity contribution in [2.24, 2.45) is 0 Å². The maximum absolute atomic E-state index is 4.11. The molecule has 2 nitrogen and oxygen atoms in total. The van der Waals surface area contributed by atoms with Crippen LogP contribution in [0.2, 0.25) is 0 Å². The van der Waals surface area contributed by atoms with E-state index in [0.29, 0.717) is 11.1 Å². The van der Waals surface area contributed by atoms with Gasteiger partial charge in [0.2, 0.25) is 0 Å². The standard InChI is InChI=1S/C19H34N2/c1-5-11-18(12-6-1)16-21(17-9-3-4-10-17)19(15-20-18)13-7-2-8-14-19/h17,20H,1-16H2. The molecule has 0 radical (unpaired) electrons. The lowest BCUT2D eigenvalue weighted by molar-refractivity contribution is -0.0550. The first-order chi connectivity index (χ1) is 10.3. The fraction of sp³-hybridized carbons (Fsp3) is 1.00. The molecule has 2 spiro atoms. The van der Waals surface area contributed by atoms with E-state index in [0.717, 1.165) is 6.04 Å². The predicted molar refractivity (Wildman–Crippen MR) is 88.6 cm³/mol. The topological polar surface area (TPSA) is 15.3 Å². The van der Waals surface area contributed by atoms with E-state index in [9.17, 15) is 0 Å². The Morgan fingerprint density at radius 3 is 2.00 bits per heavy atom. The summed E-state index contributed by atoms with van der Waals surface area (Å²) in [4.78, 5) is 3.07. The smallest absolute Gasteiger partial charge is 0.0337 e. The number of hydrogen-bond acceptors (Lipinski definition) is 2. The van der Waals surface area contributed by atoms with Crippen molar-refractivity contribution >= 4 is 0 Å². The molecule has 4 rings (SSSR count). The Hall–Kier alpha value is -0.0800. The van der Waals surface area contributed by atoms with Crippen LogP contribution in [0.1, 0.15) is 89.9 Å². The maximum Gasteiger partial charge on any atom is 0.0337 e. The summed E-state index contributed by atoms with van der Waals surface area (Å²) in [5.41, 5.74) is 1.03. The van der Waals surface area contributed by atoms with E-state index in [4.69, 9.17) is 0 Å². The Morgan fingerprint density at radius 1 is 0.714 bits per heavy atom. The number of piperazine rings is 1. The average Bonchev–Trinajstić information content (AvgIpc) is 3.06. The predicted octanol–water partition coefficient (Wildman–Crippen LogP) is 4.24. The van der Waals surface area contributed by atoms with E-state index in [1.807, 2.05) is 0 Å². The third-order valence-corrected chi connectivity index (χ3v) is 7.24. The van der Waals surface area contributed by atoms with Crippen molar-refractivity contribution in [1.29, 1.82) is 0 Å². The minimum atomic E-state index is 0.490. The molecule has 0 bridgehead atoms. The molecule has 1 N–H and O–H groups in total. The van der Waals surface area contributed by atoms with Crippen LogP contribution in [0.4, 0.5) is 0 Å². The quantitative estimate of drug-likeness (QED) is 0.777. The molecule has 4 aliphatic rings. The minimum Gasteiger partial charge on any atom is -0.308 e. The van der Waals surface area contributed by atoms with Gasteiger partial charge in [-0.1, -0.05) is 51.4 Å². The van der Waals surface area contributed by atoms with Crippen LogP contribution < -0.4 is 5.32 Å². The molecule has 4 fully saturated rings. The fourth-order valence-electron chi connectivity index (χ4n) is 5.97. The molecule has 0 aromatic heterocycles. The number of hydrogen-bond donors (Lipinski definition) is 1. The summed E-state index contributed by atoms with van der Waals surface area (Å²) in [6, 6.07) is 0.920. The zero-order valence-corrected chi connectivity index (χ0v) is 13.8. The van der Waals surface area contributed by atoms with Crippen LogP contribution in [0.25, 0.3) is 0 Å². The fourth-order valence-corrected chi connectivity index (χ4v) is 5.97. The SMILES string of the molecule is C1CCC2(CC1)CN(C1CCCC1)C1(CCCCC1)CN2. The van der Waals surface area contributed by atoms with E-state index in [-0.39, 0.29) is 0 Å². The Kier molecular flexibility index (Phi) is 4.04. The van der Waals surface area contributed by atoms with Gasteiger partial charge in [-0.15, -0.1) is 0 Å². The van der Waals surface area contributed by atoms with Gasteiger partial charge < -0.3 is 5.32 Å². The second-order valence-corrected chi connectivity index (χ2v) is 8.55. The van der Waals surface area contributed by atoms with Crippen LogP contribution >= 0.6 is 0 Å². The molecule has 120 valence electrons. The van der Waals surface area contributed by atoms with Crippen LogP contribution in [-0.2, 0) is 0 Å². The molecule has 0 atom stereocenters. The van der Waals surface area contributed by atoms with Gasteiger partial charge >= 0.3 is 0 Å². The first kappa shape index (κ1) is 14.5. The summed E-state index contributed by atoms with van der Waals surface area (Å²) in [7, 11) is 0. The zero-order chi connectivity index (χ0) is 14.2. The van der Waals surface area contributed by atoms with Gasteiger partial charge in [-0.05, 0) is 38.5 Å². The van der Waals surface area contributed by atoms with Crippen molar-refractivity contribution in [3.05, 3.63) is 0 Å². The summed E-state index contributed by atoms with van der Waals surface area (Å²) in [6.07, 6.45) is 20.5. The highest BCUT2D eigenvalue weighted by molar-refractivity contribution is 5.09. The van der Waals surface area contributed by atoms with Crippen LogP contribution in [0.3, 0.4) is 0 Å². The van der Waals surface area contributed by atoms with Crippen LogP contribution in [0.5, 0.6) is 0 Å². The molecule has 0 amide bonds. The first-order valence-corrected chi connectivity index (χ1v) is 9.84. The number of nitrogens with one attached hydrogen (secondary N) is 1. The Bertz CT molecular complexity index is 347. The first-order valence-electron chi connectivity index (χ1n) is 9.84. The number of rotatable bonds is 1. The van der Waals surface area contributed by atoms with Gasteiger partial charge in [-0.3, -0.25) is 4.90 Å². The zero-order valence-electron chi connectivity index (χ0n) is 13.8. The number of nitrogens with zero attached hydrogens (tertiary/aromatic N) is 1. The molecule has 0 unspecified atom stereocenters. The van der Waals surface area contributed by atoms with Crippen molar-refractivity contribution < 1.29 is 0 Å². The largest absolute Gasteiger partial charge is 0.308 e. The van der Waals surface area contributed by atoms with Crippen molar-refractivity contribution in [2.45, 2.75) is 107 Å². The highest BCUT2D eigenvalue weighted by Gasteiger charge is 2.50. The van der Waals surface area contributed by atoms with Gasteiger partial charge in [-0.2, -0.15) is 0 Å². The van der Waals surface area contributed by atoms with E-state index >= 15 is 0 Å². The highest BCUT2D eigenvalue weighted by Crippen LogP contribution is 2.44. The van der Waals surface area contributed by atoms with E-state index < -0.39 is 0 Å². The molecule has 21 heavy (non-hydrogen) atoms. The molecule has 0 aromatic rings. The molecule has 0 aromatic carbocycles. The second-order valence-electron chi connectivity index (χ2n) is 8.55. The molecule has 1 saturated heterocycles. The second kappa shape index (κ2) is 5.85. The Morgan fingerprint density at radius 2 is 1.33 bits per heavy atom. The average molecular weight is 290 g/mol. The lowest BCUT2D eigenvalue weighted by atomic mass is 9.72. The third-order valence-electron chi connectivity index (χ3n) is 7.24. The lowest BCUT2D eigenvalue weighted by Gasteiger charge is -2.59. The molecule has 2 heteroatoms. The van der Waals surface area contributed by atoms with Crippen molar-refractivity contribution in [3.63, 3.8) is 0 Å². The van der Waals surface area contributed by atoms with E-state index in [1.165, 1.54) is 103 Å². The van der Waals surface area contributed by atoms with Crippen molar-refractivity contribution in [2.75, 3.05) is 13.1 Å². The highest BCUT2D eigenvalue weighted by atomic mass is 15.3. The summed E-state index contributed by atoms with van der Waals surface area (Å²) in [6.45, 7) is 2.67. The molecular weight excluding hydrogens is 256 g/mol. The van der Waals surface area contributed by atoms with Crippen LogP contribution in [-0.4, -0.2) is 35.1 Å². The Balaban J connectivity index is 1.57. The van der Waals surface area contributed by atoms with Crippen molar-refractivity contribution in [1.82, 2.24) is 10.2 Å². The van der Waals surface area contributed by atoms with Crippen LogP contribution in [0, 0.1) is 0 Å². The van der Waals surface area contributed by atoms with Gasteiger partial charge in [-0.25, -0.2) is 0 Å². The van der Waals surface area contributed by atoms with E-state index in [2.05, 4.69) is 10.2 Å². The molecule has 3 saturated carbocycles. The maximum atomic E-state index is 4.11. The van der Waals surface area contributed by atoms with Gasteiger partial charge in [0.05, 0.1) is 0 Å². The Labute approximate surface area is 131 Å². The normalized spacial score (nSPS) is 33.7. The monoisotopic (exact) mass is 290 g/mol. The minimum absolute atomic E-state index is 0.490. The van der Waals surface area contributed by atoms with Gasteiger partial charge in [0, 0.05) is 30.2 Å². The summed E-state index contributed by atoms with van der Waals surface area (Å²) in [5.74, 6) is 0. The van der Waals surface area contributed by atoms with Crippen molar-refractivity contribution in [3.8, 4) is 0 Å². The van der Waals surface area contributed by atoms with E-state index in [1.54, 1.807) is 0 Å². The lowest BCUT2D eigenvalue weighted by Crippen LogP contribution is -2.72. The molecular formula is C19H34N2. The third kappa shape index (κ3) is 2.67. The molecule has 1 heterocycles. The molecule has 3 aliphatic carbocycles. The summed E-state index contributed by atoms with van der Waals surface area (Å²) in [5, 5.41) is 4.11. The van der Waals surface area contributed by atoms with Gasteiger partial charge in [0.25, 0.3) is 0 Å².